The van der Waals surface area contributed by atoms with Gasteiger partial charge in [0.25, 0.3) is 5.09 Å². The number of benzene rings is 1. The Balaban J connectivity index is 3.13. The molecule has 0 saturated heterocycles. The second kappa shape index (κ2) is 4.92. The van der Waals surface area contributed by atoms with Gasteiger partial charge in [-0.1, -0.05) is 24.3 Å². The van der Waals surface area contributed by atoms with E-state index in [2.05, 4.69) is 11.4 Å². The summed E-state index contributed by atoms with van der Waals surface area (Å²) >= 11 is 0. The summed E-state index contributed by atoms with van der Waals surface area (Å²) in [5.74, 6) is -1.17. The molecule has 0 fully saturated rings. The van der Waals surface area contributed by atoms with Crippen LogP contribution in [0.2, 0.25) is 0 Å². The Hall–Kier alpha value is -2.37. The molecule has 0 heterocycles. The molecular weight excluding hydrogens is 214 g/mol. The lowest BCUT2D eigenvalue weighted by Crippen LogP contribution is -2.11. The van der Waals surface area contributed by atoms with Gasteiger partial charge < -0.3 is 9.94 Å². The Kier molecular flexibility index (Phi) is 3.60. The molecule has 0 bridgehead atoms. The van der Waals surface area contributed by atoms with Crippen molar-refractivity contribution in [1.82, 2.24) is 0 Å². The number of carboxylic acid groups (broad SMARTS) is 1. The fraction of sp³-hybridized carbons (Fsp3) is 0.100. The van der Waals surface area contributed by atoms with Crippen LogP contribution in [0.3, 0.4) is 0 Å². The summed E-state index contributed by atoms with van der Waals surface area (Å²) in [5, 5.41) is 18.1. The zero-order chi connectivity index (χ0) is 12.1. The van der Waals surface area contributed by atoms with Crippen molar-refractivity contribution in [2.24, 2.45) is 0 Å². The van der Waals surface area contributed by atoms with Gasteiger partial charge in [-0.25, -0.2) is 4.79 Å². The largest absolute Gasteiger partial charge is 0.478 e. The minimum atomic E-state index is -1.17. The number of rotatable bonds is 5. The van der Waals surface area contributed by atoms with E-state index < -0.39 is 17.2 Å². The van der Waals surface area contributed by atoms with E-state index in [1.165, 1.54) is 24.3 Å². The van der Waals surface area contributed by atoms with Crippen molar-refractivity contribution in [3.63, 3.8) is 0 Å². The molecule has 0 amide bonds. The van der Waals surface area contributed by atoms with Gasteiger partial charge in [0.15, 0.2) is 6.10 Å². The van der Waals surface area contributed by atoms with Crippen molar-refractivity contribution in [3.8, 4) is 0 Å². The fourth-order valence-corrected chi connectivity index (χ4v) is 1.26. The highest BCUT2D eigenvalue weighted by Gasteiger charge is 2.18. The summed E-state index contributed by atoms with van der Waals surface area (Å²) in [6, 6.07) is 5.89. The van der Waals surface area contributed by atoms with Gasteiger partial charge in [-0.05, 0) is 11.6 Å². The summed E-state index contributed by atoms with van der Waals surface area (Å²) in [4.78, 5) is 25.4. The Morgan fingerprint density at radius 3 is 2.69 bits per heavy atom. The molecule has 0 aliphatic carbocycles. The third-order valence-electron chi connectivity index (χ3n) is 1.91. The molecule has 1 aromatic rings. The summed E-state index contributed by atoms with van der Waals surface area (Å²) in [7, 11) is 0. The van der Waals surface area contributed by atoms with E-state index in [0.29, 0.717) is 0 Å². The van der Waals surface area contributed by atoms with Crippen LogP contribution in [0, 0.1) is 10.1 Å². The molecule has 1 atom stereocenters. The number of nitrogens with zero attached hydrogens (tertiary/aromatic N) is 1. The van der Waals surface area contributed by atoms with Crippen molar-refractivity contribution in [2.75, 3.05) is 0 Å². The van der Waals surface area contributed by atoms with Crippen LogP contribution in [0.1, 0.15) is 22.0 Å². The van der Waals surface area contributed by atoms with Crippen LogP contribution >= 0.6 is 0 Å². The topological polar surface area (TPSA) is 89.7 Å². The van der Waals surface area contributed by atoms with Crippen molar-refractivity contribution in [2.45, 2.75) is 6.10 Å². The zero-order valence-corrected chi connectivity index (χ0v) is 8.20. The first-order valence-electron chi connectivity index (χ1n) is 4.32. The van der Waals surface area contributed by atoms with Gasteiger partial charge in [0.05, 0.1) is 5.56 Å². The first kappa shape index (κ1) is 11.7. The third-order valence-corrected chi connectivity index (χ3v) is 1.91. The average Bonchev–Trinajstić information content (AvgIpc) is 2.25. The molecule has 84 valence electrons. The number of aromatic carboxylic acids is 1. The Morgan fingerprint density at radius 2 is 2.19 bits per heavy atom. The van der Waals surface area contributed by atoms with Crippen LogP contribution in [-0.2, 0) is 4.84 Å². The molecule has 1 unspecified atom stereocenters. The molecule has 6 heteroatoms. The molecule has 0 aromatic heterocycles. The van der Waals surface area contributed by atoms with Crippen LogP contribution in [0.5, 0.6) is 0 Å². The third kappa shape index (κ3) is 2.57. The molecule has 0 saturated carbocycles. The van der Waals surface area contributed by atoms with Gasteiger partial charge in [-0.15, -0.1) is 16.7 Å². The van der Waals surface area contributed by atoms with Gasteiger partial charge in [0, 0.05) is 0 Å². The van der Waals surface area contributed by atoms with Crippen LogP contribution < -0.4 is 0 Å². The first-order valence-corrected chi connectivity index (χ1v) is 4.32. The Morgan fingerprint density at radius 1 is 1.56 bits per heavy atom. The van der Waals surface area contributed by atoms with Gasteiger partial charge in [-0.3, -0.25) is 0 Å². The minimum absolute atomic E-state index is 0.0470. The van der Waals surface area contributed by atoms with Crippen molar-refractivity contribution in [3.05, 3.63) is 58.2 Å². The second-order valence-corrected chi connectivity index (χ2v) is 2.88. The maximum absolute atomic E-state index is 10.9. The molecule has 0 spiro atoms. The lowest BCUT2D eigenvalue weighted by Gasteiger charge is -2.12. The van der Waals surface area contributed by atoms with Gasteiger partial charge in [-0.2, -0.15) is 0 Å². The van der Waals surface area contributed by atoms with E-state index in [1.807, 2.05) is 0 Å². The molecular formula is C10H9NO5. The Bertz CT molecular complexity index is 429. The van der Waals surface area contributed by atoms with Crippen molar-refractivity contribution < 1.29 is 19.8 Å². The van der Waals surface area contributed by atoms with E-state index in [9.17, 15) is 14.9 Å². The number of carboxylic acids is 1. The molecule has 1 aromatic carbocycles. The lowest BCUT2D eigenvalue weighted by atomic mass is 10.0. The second-order valence-electron chi connectivity index (χ2n) is 2.88. The smallest absolute Gasteiger partial charge is 0.336 e. The quantitative estimate of drug-likeness (QED) is 0.467. The standard InChI is InChI=1S/C10H9NO5/c1-2-9(16-11(14)15)7-5-3-4-6-8(7)10(12)13/h2-6,9H,1H2,(H,12,13). The van der Waals surface area contributed by atoms with Crippen LogP contribution in [0.4, 0.5) is 0 Å². The monoisotopic (exact) mass is 223 g/mol. The lowest BCUT2D eigenvalue weighted by molar-refractivity contribution is -0.767. The van der Waals surface area contributed by atoms with E-state index in [0.717, 1.165) is 0 Å². The van der Waals surface area contributed by atoms with E-state index in [-0.39, 0.29) is 11.1 Å². The van der Waals surface area contributed by atoms with E-state index in [4.69, 9.17) is 5.11 Å². The zero-order valence-electron chi connectivity index (χ0n) is 8.20. The SMILES string of the molecule is C=CC(O[N+](=O)[O-])c1ccccc1C(=O)O. The van der Waals surface area contributed by atoms with E-state index >= 15 is 0 Å². The van der Waals surface area contributed by atoms with Crippen molar-refractivity contribution in [1.29, 1.82) is 0 Å². The molecule has 1 N–H and O–H groups in total. The molecule has 0 radical (unpaired) electrons. The normalized spacial score (nSPS) is 11.5. The maximum atomic E-state index is 10.9. The van der Waals surface area contributed by atoms with Crippen molar-refractivity contribution >= 4 is 5.97 Å². The fourth-order valence-electron chi connectivity index (χ4n) is 1.26. The maximum Gasteiger partial charge on any atom is 0.336 e. The first-order chi connectivity index (χ1) is 7.56. The molecule has 6 nitrogen and oxygen atoms in total. The predicted octanol–water partition coefficient (Wildman–Crippen LogP) is 1.82. The summed E-state index contributed by atoms with van der Waals surface area (Å²) in [6.45, 7) is 3.37. The Labute approximate surface area is 90.9 Å². The minimum Gasteiger partial charge on any atom is -0.478 e. The summed E-state index contributed by atoms with van der Waals surface area (Å²) < 4.78 is 0. The van der Waals surface area contributed by atoms with Gasteiger partial charge in [0.2, 0.25) is 0 Å². The highest BCUT2D eigenvalue weighted by atomic mass is 17.0. The summed E-state index contributed by atoms with van der Waals surface area (Å²) in [5.41, 5.74) is 0.149. The number of hydrogen-bond donors (Lipinski definition) is 1. The molecule has 16 heavy (non-hydrogen) atoms. The van der Waals surface area contributed by atoms with Gasteiger partial charge >= 0.3 is 5.97 Å². The predicted molar refractivity (Wildman–Crippen MR) is 54.4 cm³/mol. The number of carbonyl (C=O) groups is 1. The number of hydrogen-bond acceptors (Lipinski definition) is 4. The van der Waals surface area contributed by atoms with Crippen LogP contribution in [0.15, 0.2) is 36.9 Å². The molecule has 0 aliphatic rings. The van der Waals surface area contributed by atoms with E-state index in [1.54, 1.807) is 6.07 Å². The highest BCUT2D eigenvalue weighted by molar-refractivity contribution is 5.89. The summed E-state index contributed by atoms with van der Waals surface area (Å²) in [6.07, 6.45) is 0.0900. The molecule has 1 rings (SSSR count). The highest BCUT2D eigenvalue weighted by Crippen LogP contribution is 2.22. The average molecular weight is 223 g/mol. The van der Waals surface area contributed by atoms with Crippen LogP contribution in [0.25, 0.3) is 0 Å². The van der Waals surface area contributed by atoms with Gasteiger partial charge in [0.1, 0.15) is 0 Å². The van der Waals surface area contributed by atoms with Crippen LogP contribution in [-0.4, -0.2) is 16.2 Å². The molecule has 0 aliphatic heterocycles.